The zero-order valence-corrected chi connectivity index (χ0v) is 18.2. The maximum absolute atomic E-state index is 12.1. The highest BCUT2D eigenvalue weighted by molar-refractivity contribution is 6.16. The van der Waals surface area contributed by atoms with Gasteiger partial charge in [-0.25, -0.2) is 14.4 Å². The number of carbonyl (C=O) groups excluding carboxylic acids is 6. The van der Waals surface area contributed by atoms with Crippen LogP contribution in [0.25, 0.3) is 11.1 Å². The molecule has 1 saturated heterocycles. The van der Waals surface area contributed by atoms with Crippen LogP contribution in [0.15, 0.2) is 24.3 Å². The molecule has 0 atom stereocenters. The first-order valence-electron chi connectivity index (χ1n) is 9.68. The molecule has 178 valence electrons. The fourth-order valence-corrected chi connectivity index (χ4v) is 3.24. The predicted molar refractivity (Wildman–Crippen MR) is 112 cm³/mol. The lowest BCUT2D eigenvalue weighted by Gasteiger charge is -2.20. The van der Waals surface area contributed by atoms with Gasteiger partial charge >= 0.3 is 18.3 Å². The summed E-state index contributed by atoms with van der Waals surface area (Å²) in [7, 11) is 2.17. The first-order chi connectivity index (χ1) is 16.1. The van der Waals surface area contributed by atoms with E-state index in [9.17, 15) is 28.8 Å². The summed E-state index contributed by atoms with van der Waals surface area (Å²) < 4.78 is 19.5. The Balaban J connectivity index is 2.11. The molecule has 0 aromatic carbocycles. The van der Waals surface area contributed by atoms with E-state index in [1.54, 1.807) is 0 Å². The molecule has 3 aliphatic rings. The first kappa shape index (κ1) is 24.0. The summed E-state index contributed by atoms with van der Waals surface area (Å²) in [4.78, 5) is 70.9. The molecule has 13 heteroatoms. The molecule has 1 aliphatic heterocycles. The lowest BCUT2D eigenvalue weighted by atomic mass is 9.97. The maximum Gasteiger partial charge on any atom is 0.513 e. The number of methoxy groups -OCH3 is 2. The molecular formula is C21H19N3O10. The third-order valence-electron chi connectivity index (χ3n) is 4.71. The second kappa shape index (κ2) is 9.85. The van der Waals surface area contributed by atoms with E-state index in [-0.39, 0.29) is 34.7 Å². The number of amides is 5. The van der Waals surface area contributed by atoms with Crippen LogP contribution in [0.3, 0.4) is 0 Å². The Morgan fingerprint density at radius 2 is 1.32 bits per heavy atom. The van der Waals surface area contributed by atoms with Gasteiger partial charge in [0.05, 0.1) is 14.2 Å². The van der Waals surface area contributed by atoms with Crippen molar-refractivity contribution in [1.82, 2.24) is 10.6 Å². The third kappa shape index (κ3) is 5.03. The SMILES string of the molecule is COC(=O)Oc1c2ccc(CC3C(=O)NC(=O)NC3=O)ccc-2c(OC(=O)OC)c1NC(C)=O. The predicted octanol–water partition coefficient (Wildman–Crippen LogP) is 1.56. The lowest BCUT2D eigenvalue weighted by molar-refractivity contribution is -0.135. The topological polar surface area (TPSA) is 175 Å². The molecule has 0 radical (unpaired) electrons. The minimum Gasteiger partial charge on any atom is -0.437 e. The van der Waals surface area contributed by atoms with Gasteiger partial charge in [-0.15, -0.1) is 0 Å². The summed E-state index contributed by atoms with van der Waals surface area (Å²) >= 11 is 0. The van der Waals surface area contributed by atoms with Gasteiger partial charge in [-0.2, -0.15) is 0 Å². The van der Waals surface area contributed by atoms with Gasteiger partial charge in [0.25, 0.3) is 0 Å². The van der Waals surface area contributed by atoms with Gasteiger partial charge in [-0.3, -0.25) is 25.0 Å². The van der Waals surface area contributed by atoms with Gasteiger partial charge in [0.2, 0.25) is 17.7 Å². The quantitative estimate of drug-likeness (QED) is 0.427. The van der Waals surface area contributed by atoms with E-state index in [2.05, 4.69) is 14.8 Å². The van der Waals surface area contributed by atoms with Crippen LogP contribution in [0.4, 0.5) is 20.1 Å². The van der Waals surface area contributed by atoms with E-state index in [0.29, 0.717) is 5.56 Å². The van der Waals surface area contributed by atoms with Gasteiger partial charge in [-0.1, -0.05) is 24.3 Å². The van der Waals surface area contributed by atoms with Crippen LogP contribution in [-0.4, -0.2) is 50.3 Å². The van der Waals surface area contributed by atoms with Crippen molar-refractivity contribution >= 4 is 41.8 Å². The zero-order chi connectivity index (χ0) is 25.0. The van der Waals surface area contributed by atoms with E-state index in [1.807, 2.05) is 10.6 Å². The number of ether oxygens (including phenoxy) is 4. The summed E-state index contributed by atoms with van der Waals surface area (Å²) in [5, 5.41) is 6.50. The van der Waals surface area contributed by atoms with Crippen molar-refractivity contribution in [3.63, 3.8) is 0 Å². The number of barbiturate groups is 1. The molecular weight excluding hydrogens is 454 g/mol. The Bertz CT molecular complexity index is 1100. The van der Waals surface area contributed by atoms with Gasteiger partial charge in [-0.05, 0) is 12.0 Å². The maximum atomic E-state index is 12.1. The van der Waals surface area contributed by atoms with Crippen LogP contribution in [-0.2, 0) is 30.3 Å². The second-order valence-electron chi connectivity index (χ2n) is 6.96. The second-order valence-corrected chi connectivity index (χ2v) is 6.96. The van der Waals surface area contributed by atoms with Crippen molar-refractivity contribution in [2.45, 2.75) is 13.3 Å². The molecule has 0 aromatic rings. The molecule has 34 heavy (non-hydrogen) atoms. The summed E-state index contributed by atoms with van der Waals surface area (Å²) in [5.74, 6) is -3.56. The fourth-order valence-electron chi connectivity index (χ4n) is 3.24. The molecule has 0 spiro atoms. The molecule has 1 heterocycles. The number of rotatable bonds is 5. The van der Waals surface area contributed by atoms with Crippen molar-refractivity contribution in [3.8, 4) is 22.6 Å². The van der Waals surface area contributed by atoms with Crippen molar-refractivity contribution in [1.29, 1.82) is 0 Å². The number of nitrogens with one attached hydrogen (secondary N) is 3. The highest BCUT2D eigenvalue weighted by Gasteiger charge is 2.34. The number of hydrogen-bond donors (Lipinski definition) is 3. The van der Waals surface area contributed by atoms with E-state index in [1.165, 1.54) is 31.2 Å². The molecule has 5 amide bonds. The molecule has 3 rings (SSSR count). The van der Waals surface area contributed by atoms with Crippen molar-refractivity contribution in [2.75, 3.05) is 19.5 Å². The van der Waals surface area contributed by atoms with E-state index in [0.717, 1.165) is 14.2 Å². The van der Waals surface area contributed by atoms with E-state index >= 15 is 0 Å². The van der Waals surface area contributed by atoms with Crippen molar-refractivity contribution in [2.24, 2.45) is 5.92 Å². The standard InChI is InChI=1S/C21H19N3O10/c1-9(25)22-14-15(33-20(29)31-2)11-6-4-10(5-7-12(11)16(14)34-21(30)32-3)8-13-17(26)23-19(28)24-18(13)27/h4-7,13H,8H2,1-3H3,(H,22,25)(H2,23,24,26,27,28). The Morgan fingerprint density at radius 3 is 1.74 bits per heavy atom. The van der Waals surface area contributed by atoms with Crippen LogP contribution >= 0.6 is 0 Å². The number of carbonyl (C=O) groups is 6. The summed E-state index contributed by atoms with van der Waals surface area (Å²) in [5.41, 5.74) is 0.824. The summed E-state index contributed by atoms with van der Waals surface area (Å²) in [6.45, 7) is 1.20. The Hall–Kier alpha value is -4.68. The highest BCUT2D eigenvalue weighted by Crippen LogP contribution is 2.52. The van der Waals surface area contributed by atoms with Gasteiger partial charge in [0.15, 0.2) is 11.5 Å². The van der Waals surface area contributed by atoms with E-state index in [4.69, 9.17) is 9.47 Å². The van der Waals surface area contributed by atoms with Gasteiger partial charge < -0.3 is 24.3 Å². The largest absolute Gasteiger partial charge is 0.513 e. The average molecular weight is 473 g/mol. The third-order valence-corrected chi connectivity index (χ3v) is 4.71. The number of anilines is 1. The Kier molecular flexibility index (Phi) is 6.95. The number of fused-ring (bicyclic) bond motifs is 1. The smallest absolute Gasteiger partial charge is 0.437 e. The zero-order valence-electron chi connectivity index (χ0n) is 18.2. The van der Waals surface area contributed by atoms with Crippen LogP contribution in [0.1, 0.15) is 12.5 Å². The molecule has 0 bridgehead atoms. The molecule has 3 N–H and O–H groups in total. The molecule has 0 aromatic heterocycles. The monoisotopic (exact) mass is 473 g/mol. The average Bonchev–Trinajstić information content (AvgIpc) is 2.90. The Labute approximate surface area is 192 Å². The Morgan fingerprint density at radius 1 is 0.853 bits per heavy atom. The molecule has 2 aliphatic carbocycles. The van der Waals surface area contributed by atoms with Crippen molar-refractivity contribution in [3.05, 3.63) is 29.8 Å². The lowest BCUT2D eigenvalue weighted by Crippen LogP contribution is -2.56. The minimum atomic E-state index is -1.17. The van der Waals surface area contributed by atoms with Gasteiger partial charge in [0.1, 0.15) is 11.6 Å². The normalized spacial score (nSPS) is 13.6. The molecule has 0 unspecified atom stereocenters. The van der Waals surface area contributed by atoms with Crippen LogP contribution < -0.4 is 25.4 Å². The fraction of sp³-hybridized carbons (Fsp3) is 0.238. The number of imide groups is 2. The number of urea groups is 1. The van der Waals surface area contributed by atoms with Crippen molar-refractivity contribution < 1.29 is 47.7 Å². The highest BCUT2D eigenvalue weighted by atomic mass is 16.7. The molecule has 13 nitrogen and oxygen atoms in total. The molecule has 0 saturated carbocycles. The van der Waals surface area contributed by atoms with E-state index < -0.39 is 42.0 Å². The molecule has 1 fully saturated rings. The summed E-state index contributed by atoms with van der Waals surface area (Å²) in [6, 6.07) is 5.11. The van der Waals surface area contributed by atoms with Crippen LogP contribution in [0, 0.1) is 5.92 Å². The number of hydrogen-bond acceptors (Lipinski definition) is 10. The minimum absolute atomic E-state index is 0.0683. The first-order valence-corrected chi connectivity index (χ1v) is 9.68. The van der Waals surface area contributed by atoms with Gasteiger partial charge in [0, 0.05) is 18.1 Å². The van der Waals surface area contributed by atoms with Crippen LogP contribution in [0.2, 0.25) is 0 Å². The summed E-state index contributed by atoms with van der Waals surface area (Å²) in [6.07, 6.45) is -2.27. The van der Waals surface area contributed by atoms with Crippen LogP contribution in [0.5, 0.6) is 11.5 Å².